The van der Waals surface area contributed by atoms with Crippen LogP contribution in [0.1, 0.15) is 17.0 Å². The van der Waals surface area contributed by atoms with Gasteiger partial charge in [-0.15, -0.1) is 11.3 Å². The number of nitrogens with one attached hydrogen (secondary N) is 2. The first-order chi connectivity index (χ1) is 11.2. The number of carbonyl (C=O) groups is 1. The van der Waals surface area contributed by atoms with E-state index in [4.69, 9.17) is 0 Å². The fraction of sp³-hybridized carbons (Fsp3) is 0.571. The average molecular weight is 335 g/mol. The summed E-state index contributed by atoms with van der Waals surface area (Å²) in [6.45, 7) is 5.64. The molecule has 1 fully saturated rings. The minimum atomic E-state index is 0.0169. The Morgan fingerprint density at radius 3 is 2.83 bits per heavy atom. The normalized spacial score (nSPS) is 15.0. The molecule has 9 heteroatoms. The molecule has 1 aliphatic rings. The van der Waals surface area contributed by atoms with Crippen LogP contribution in [0.2, 0.25) is 0 Å². The van der Waals surface area contributed by atoms with Gasteiger partial charge >= 0.3 is 6.03 Å². The molecule has 3 heterocycles. The molecule has 2 N–H and O–H groups in total. The van der Waals surface area contributed by atoms with Crippen molar-refractivity contribution in [3.63, 3.8) is 0 Å². The topological polar surface area (TPSA) is 90.0 Å². The lowest BCUT2D eigenvalue weighted by Gasteiger charge is -2.34. The van der Waals surface area contributed by atoms with E-state index in [1.54, 1.807) is 11.3 Å². The van der Waals surface area contributed by atoms with Crippen molar-refractivity contribution in [2.75, 3.05) is 37.6 Å². The second-order valence-corrected chi connectivity index (χ2v) is 6.42. The third-order valence-corrected chi connectivity index (χ3v) is 4.97. The van der Waals surface area contributed by atoms with Crippen LogP contribution >= 0.6 is 11.3 Å². The number of thiazole rings is 1. The van der Waals surface area contributed by atoms with E-state index in [1.165, 1.54) is 11.2 Å². The number of amides is 2. The summed E-state index contributed by atoms with van der Waals surface area (Å²) >= 11 is 1.68. The third kappa shape index (κ3) is 3.98. The van der Waals surface area contributed by atoms with Crippen LogP contribution in [-0.4, -0.2) is 63.8 Å². The zero-order valence-corrected chi connectivity index (χ0v) is 14.0. The van der Waals surface area contributed by atoms with Crippen LogP contribution in [0.4, 0.5) is 10.7 Å². The van der Waals surface area contributed by atoms with E-state index in [1.807, 2.05) is 17.3 Å². The lowest BCUT2D eigenvalue weighted by molar-refractivity contribution is 0.194. The number of urea groups is 1. The van der Waals surface area contributed by atoms with Crippen LogP contribution in [0.5, 0.6) is 0 Å². The van der Waals surface area contributed by atoms with E-state index in [0.717, 1.165) is 37.6 Å². The Morgan fingerprint density at radius 1 is 1.35 bits per heavy atom. The van der Waals surface area contributed by atoms with Crippen molar-refractivity contribution in [1.82, 2.24) is 30.4 Å². The van der Waals surface area contributed by atoms with Gasteiger partial charge in [0.25, 0.3) is 0 Å². The summed E-state index contributed by atoms with van der Waals surface area (Å²) in [4.78, 5) is 25.8. The predicted octanol–water partition coefficient (Wildman–Crippen LogP) is 1.03. The van der Waals surface area contributed by atoms with Gasteiger partial charge in [-0.25, -0.2) is 14.9 Å². The van der Waals surface area contributed by atoms with E-state index in [-0.39, 0.29) is 6.03 Å². The summed E-state index contributed by atoms with van der Waals surface area (Å²) in [5.41, 5.74) is 2.97. The van der Waals surface area contributed by atoms with Crippen LogP contribution in [0, 0.1) is 6.92 Å². The summed E-state index contributed by atoms with van der Waals surface area (Å²) in [5, 5.41) is 9.71. The van der Waals surface area contributed by atoms with E-state index < -0.39 is 0 Å². The Kier molecular flexibility index (Phi) is 5.06. The monoisotopic (exact) mass is 335 g/mol. The minimum Gasteiger partial charge on any atom is -0.338 e. The second-order valence-electron chi connectivity index (χ2n) is 5.48. The SMILES string of the molecule is Cc1ncsc1CCCNC(=O)N1CCN(c2ncn[nH]2)CC1. The molecule has 0 aliphatic carbocycles. The van der Waals surface area contributed by atoms with Crippen LogP contribution in [0.25, 0.3) is 0 Å². The van der Waals surface area contributed by atoms with Gasteiger partial charge in [0.1, 0.15) is 6.33 Å². The van der Waals surface area contributed by atoms with Gasteiger partial charge in [0.2, 0.25) is 5.95 Å². The number of H-pyrrole nitrogens is 1. The number of aryl methyl sites for hydroxylation is 2. The Bertz CT molecular complexity index is 619. The highest BCUT2D eigenvalue weighted by Gasteiger charge is 2.22. The molecule has 2 aromatic rings. The predicted molar refractivity (Wildman–Crippen MR) is 88.7 cm³/mol. The van der Waals surface area contributed by atoms with Gasteiger partial charge in [-0.1, -0.05) is 0 Å². The molecule has 3 rings (SSSR count). The number of rotatable bonds is 5. The molecule has 1 aliphatic heterocycles. The van der Waals surface area contributed by atoms with Gasteiger partial charge in [-0.05, 0) is 19.8 Å². The van der Waals surface area contributed by atoms with Gasteiger partial charge in [0.15, 0.2) is 0 Å². The number of hydrogen-bond donors (Lipinski definition) is 2. The van der Waals surface area contributed by atoms with Crippen molar-refractivity contribution < 1.29 is 4.79 Å². The maximum absolute atomic E-state index is 12.2. The van der Waals surface area contributed by atoms with Crippen molar-refractivity contribution in [1.29, 1.82) is 0 Å². The zero-order valence-electron chi connectivity index (χ0n) is 13.2. The van der Waals surface area contributed by atoms with Crippen LogP contribution in [0.15, 0.2) is 11.8 Å². The van der Waals surface area contributed by atoms with Crippen LogP contribution in [-0.2, 0) is 6.42 Å². The second kappa shape index (κ2) is 7.40. The van der Waals surface area contributed by atoms with Crippen molar-refractivity contribution in [3.05, 3.63) is 22.4 Å². The van der Waals surface area contributed by atoms with Crippen molar-refractivity contribution >= 4 is 23.3 Å². The molecule has 8 nitrogen and oxygen atoms in total. The molecule has 0 bridgehead atoms. The zero-order chi connectivity index (χ0) is 16.1. The molecule has 2 aromatic heterocycles. The number of aromatic amines is 1. The lowest BCUT2D eigenvalue weighted by Crippen LogP contribution is -2.52. The largest absolute Gasteiger partial charge is 0.338 e. The molecule has 2 amide bonds. The lowest BCUT2D eigenvalue weighted by atomic mass is 10.2. The smallest absolute Gasteiger partial charge is 0.317 e. The van der Waals surface area contributed by atoms with Gasteiger partial charge in [-0.2, -0.15) is 10.1 Å². The summed E-state index contributed by atoms with van der Waals surface area (Å²) in [6, 6.07) is 0.0169. The Morgan fingerprint density at radius 2 is 2.17 bits per heavy atom. The van der Waals surface area contributed by atoms with Crippen LogP contribution < -0.4 is 10.2 Å². The van der Waals surface area contributed by atoms with Gasteiger partial charge in [0.05, 0.1) is 11.2 Å². The number of anilines is 1. The summed E-state index contributed by atoms with van der Waals surface area (Å²) in [6.07, 6.45) is 3.40. The minimum absolute atomic E-state index is 0.0169. The molecule has 0 saturated carbocycles. The third-order valence-electron chi connectivity index (χ3n) is 3.97. The van der Waals surface area contributed by atoms with Gasteiger partial charge in [-0.3, -0.25) is 0 Å². The number of piperazine rings is 1. The molecule has 0 unspecified atom stereocenters. The number of aromatic nitrogens is 4. The first kappa shape index (κ1) is 15.7. The van der Waals surface area contributed by atoms with E-state index in [2.05, 4.69) is 30.4 Å². The Balaban J connectivity index is 1.36. The van der Waals surface area contributed by atoms with Gasteiger partial charge < -0.3 is 15.1 Å². The summed E-state index contributed by atoms with van der Waals surface area (Å²) in [7, 11) is 0. The number of nitrogens with zero attached hydrogens (tertiary/aromatic N) is 5. The fourth-order valence-electron chi connectivity index (χ4n) is 2.59. The molecule has 23 heavy (non-hydrogen) atoms. The highest BCUT2D eigenvalue weighted by molar-refractivity contribution is 7.09. The Labute approximate surface area is 138 Å². The quantitative estimate of drug-likeness (QED) is 0.797. The number of carbonyl (C=O) groups excluding carboxylic acids is 1. The Hall–Kier alpha value is -2.16. The standard InChI is InChI=1S/C14H21N7OS/c1-11-12(23-10-17-11)3-2-4-15-14(22)21-7-5-20(6-8-21)13-16-9-18-19-13/h9-10H,2-8H2,1H3,(H,15,22)(H,16,18,19). The maximum atomic E-state index is 12.2. The van der Waals surface area contributed by atoms with E-state index in [9.17, 15) is 4.79 Å². The highest BCUT2D eigenvalue weighted by Crippen LogP contribution is 2.14. The molecule has 0 spiro atoms. The maximum Gasteiger partial charge on any atom is 0.317 e. The summed E-state index contributed by atoms with van der Waals surface area (Å²) in [5.74, 6) is 0.769. The molecule has 0 aromatic carbocycles. The van der Waals surface area contributed by atoms with Crippen molar-refractivity contribution in [2.24, 2.45) is 0 Å². The molecular formula is C14H21N7OS. The van der Waals surface area contributed by atoms with Crippen LogP contribution in [0.3, 0.4) is 0 Å². The van der Waals surface area contributed by atoms with Gasteiger partial charge in [0, 0.05) is 37.6 Å². The van der Waals surface area contributed by atoms with Crippen molar-refractivity contribution in [3.8, 4) is 0 Å². The number of hydrogen-bond acceptors (Lipinski definition) is 6. The summed E-state index contributed by atoms with van der Waals surface area (Å²) < 4.78 is 0. The fourth-order valence-corrected chi connectivity index (χ4v) is 3.42. The molecular weight excluding hydrogens is 314 g/mol. The molecule has 0 radical (unpaired) electrons. The first-order valence-electron chi connectivity index (χ1n) is 7.76. The van der Waals surface area contributed by atoms with E-state index in [0.29, 0.717) is 19.6 Å². The highest BCUT2D eigenvalue weighted by atomic mass is 32.1. The molecule has 0 atom stereocenters. The molecule has 1 saturated heterocycles. The average Bonchev–Trinajstić information content (AvgIpc) is 3.23. The first-order valence-corrected chi connectivity index (χ1v) is 8.64. The molecule has 124 valence electrons. The van der Waals surface area contributed by atoms with E-state index >= 15 is 0 Å². The van der Waals surface area contributed by atoms with Crippen molar-refractivity contribution in [2.45, 2.75) is 19.8 Å².